The average molecular weight is 316 g/mol. The van der Waals surface area contributed by atoms with Gasteiger partial charge in [0.05, 0.1) is 17.3 Å². The van der Waals surface area contributed by atoms with Gasteiger partial charge in [0.25, 0.3) is 0 Å². The van der Waals surface area contributed by atoms with E-state index in [2.05, 4.69) is 5.32 Å². The third kappa shape index (κ3) is 5.68. The molecule has 0 heterocycles. The number of rotatable bonds is 9. The van der Waals surface area contributed by atoms with Gasteiger partial charge in [-0.1, -0.05) is 13.0 Å². The summed E-state index contributed by atoms with van der Waals surface area (Å²) in [4.78, 5) is 10.4. The van der Waals surface area contributed by atoms with Gasteiger partial charge in [-0.05, 0) is 25.1 Å². The summed E-state index contributed by atoms with van der Waals surface area (Å²) in [5.41, 5.74) is 0.743. The zero-order valence-electron chi connectivity index (χ0n) is 12.2. The molecule has 1 aromatic carbocycles. The molecule has 1 rings (SSSR count). The fourth-order valence-electron chi connectivity index (χ4n) is 1.74. The monoisotopic (exact) mass is 316 g/mol. The highest BCUT2D eigenvalue weighted by Crippen LogP contribution is 2.28. The maximum atomic E-state index is 11.4. The van der Waals surface area contributed by atoms with Crippen molar-refractivity contribution in [2.75, 3.05) is 25.2 Å². The van der Waals surface area contributed by atoms with Gasteiger partial charge in [0.1, 0.15) is 9.84 Å². The Morgan fingerprint density at radius 3 is 2.67 bits per heavy atom. The van der Waals surface area contributed by atoms with Crippen LogP contribution in [-0.2, 0) is 16.4 Å². The number of nitro groups is 1. The third-order valence-electron chi connectivity index (χ3n) is 2.90. The van der Waals surface area contributed by atoms with Crippen molar-refractivity contribution in [1.82, 2.24) is 5.32 Å². The topological polar surface area (TPSA) is 98.5 Å². The molecule has 0 aromatic heterocycles. The highest BCUT2D eigenvalue weighted by Gasteiger charge is 2.16. The van der Waals surface area contributed by atoms with E-state index in [0.717, 1.165) is 5.56 Å². The Balaban J connectivity index is 2.71. The molecule has 0 atom stereocenters. The Kier molecular flexibility index (Phi) is 6.57. The van der Waals surface area contributed by atoms with Gasteiger partial charge in [0, 0.05) is 18.4 Å². The summed E-state index contributed by atoms with van der Waals surface area (Å²) in [5, 5.41) is 13.9. The molecule has 1 N–H and O–H groups in total. The summed E-state index contributed by atoms with van der Waals surface area (Å²) in [6.07, 6.45) is 0.309. The van der Waals surface area contributed by atoms with Crippen molar-refractivity contribution in [1.29, 1.82) is 0 Å². The molecule has 0 saturated carbocycles. The molecule has 0 aliphatic carbocycles. The summed E-state index contributed by atoms with van der Waals surface area (Å²) >= 11 is 0. The molecule has 0 bridgehead atoms. The number of ether oxygens (including phenoxy) is 1. The Morgan fingerprint density at radius 2 is 2.10 bits per heavy atom. The van der Waals surface area contributed by atoms with E-state index in [0.29, 0.717) is 13.0 Å². The van der Waals surface area contributed by atoms with Crippen LogP contribution in [0.5, 0.6) is 5.75 Å². The molecule has 8 heteroatoms. The lowest BCUT2D eigenvalue weighted by molar-refractivity contribution is -0.385. The third-order valence-corrected chi connectivity index (χ3v) is 4.69. The van der Waals surface area contributed by atoms with Gasteiger partial charge < -0.3 is 10.1 Å². The summed E-state index contributed by atoms with van der Waals surface area (Å²) in [6, 6.07) is 4.65. The normalized spacial score (nSPS) is 11.3. The van der Waals surface area contributed by atoms with Crippen LogP contribution < -0.4 is 10.1 Å². The second-order valence-corrected chi connectivity index (χ2v) is 7.00. The zero-order valence-corrected chi connectivity index (χ0v) is 13.0. The van der Waals surface area contributed by atoms with Crippen LogP contribution in [0.15, 0.2) is 18.2 Å². The summed E-state index contributed by atoms with van der Waals surface area (Å²) in [5.74, 6) is 0.278. The molecule has 1 aromatic rings. The molecular formula is C13H20N2O5S. The smallest absolute Gasteiger partial charge is 0.310 e. The van der Waals surface area contributed by atoms with E-state index in [1.54, 1.807) is 26.1 Å². The summed E-state index contributed by atoms with van der Waals surface area (Å²) < 4.78 is 28.1. The molecule has 118 valence electrons. The largest absolute Gasteiger partial charge is 0.487 e. The Bertz CT molecular complexity index is 586. The highest BCUT2D eigenvalue weighted by atomic mass is 32.2. The standard InChI is InChI=1S/C13H20N2O5S/c1-3-21(18,19)8-4-7-20-13-9-11(10-14-2)5-6-12(13)15(16)17/h5-6,9,14H,3-4,7-8,10H2,1-2H3. The van der Waals surface area contributed by atoms with E-state index >= 15 is 0 Å². The first-order valence-electron chi connectivity index (χ1n) is 6.64. The van der Waals surface area contributed by atoms with Crippen LogP contribution >= 0.6 is 0 Å². The molecule has 0 spiro atoms. The molecular weight excluding hydrogens is 296 g/mol. The minimum atomic E-state index is -3.04. The molecule has 0 saturated heterocycles. The first-order valence-corrected chi connectivity index (χ1v) is 8.47. The second kappa shape index (κ2) is 7.94. The summed E-state index contributed by atoms with van der Waals surface area (Å²) in [7, 11) is -1.27. The molecule has 0 unspecified atom stereocenters. The number of hydrogen-bond donors (Lipinski definition) is 1. The number of nitrogens with one attached hydrogen (secondary N) is 1. The van der Waals surface area contributed by atoms with Crippen molar-refractivity contribution in [3.63, 3.8) is 0 Å². The molecule has 21 heavy (non-hydrogen) atoms. The van der Waals surface area contributed by atoms with Gasteiger partial charge in [0.2, 0.25) is 0 Å². The van der Waals surface area contributed by atoms with E-state index in [1.807, 2.05) is 0 Å². The minimum Gasteiger partial charge on any atom is -0.487 e. The van der Waals surface area contributed by atoms with Gasteiger partial charge in [-0.2, -0.15) is 0 Å². The van der Waals surface area contributed by atoms with E-state index in [4.69, 9.17) is 4.74 Å². The van der Waals surface area contributed by atoms with Crippen LogP contribution in [0.4, 0.5) is 5.69 Å². The van der Waals surface area contributed by atoms with Crippen molar-refractivity contribution < 1.29 is 18.1 Å². The molecule has 0 radical (unpaired) electrons. The second-order valence-electron chi connectivity index (χ2n) is 4.53. The van der Waals surface area contributed by atoms with Gasteiger partial charge in [-0.3, -0.25) is 10.1 Å². The fraction of sp³-hybridized carbons (Fsp3) is 0.538. The Morgan fingerprint density at radius 1 is 1.38 bits per heavy atom. The lowest BCUT2D eigenvalue weighted by atomic mass is 10.2. The van der Waals surface area contributed by atoms with Crippen molar-refractivity contribution in [2.45, 2.75) is 19.9 Å². The van der Waals surface area contributed by atoms with Crippen molar-refractivity contribution in [3.8, 4) is 5.75 Å². The van der Waals surface area contributed by atoms with Gasteiger partial charge in [-0.25, -0.2) is 8.42 Å². The molecule has 0 aliphatic rings. The molecule has 0 aliphatic heterocycles. The number of benzene rings is 1. The van der Waals surface area contributed by atoms with Crippen LogP contribution in [0, 0.1) is 10.1 Å². The lowest BCUT2D eigenvalue weighted by Gasteiger charge is -2.09. The van der Waals surface area contributed by atoms with Crippen molar-refractivity contribution in [2.24, 2.45) is 0 Å². The van der Waals surface area contributed by atoms with Crippen LogP contribution in [-0.4, -0.2) is 38.5 Å². The average Bonchev–Trinajstić information content (AvgIpc) is 2.44. The first kappa shape index (κ1) is 17.4. The van der Waals surface area contributed by atoms with Crippen molar-refractivity contribution >= 4 is 15.5 Å². The van der Waals surface area contributed by atoms with Gasteiger partial charge in [0.15, 0.2) is 5.75 Å². The first-order chi connectivity index (χ1) is 9.89. The van der Waals surface area contributed by atoms with E-state index in [9.17, 15) is 18.5 Å². The fourth-order valence-corrected chi connectivity index (χ4v) is 2.59. The maximum Gasteiger partial charge on any atom is 0.310 e. The zero-order chi connectivity index (χ0) is 15.9. The molecule has 7 nitrogen and oxygen atoms in total. The van der Waals surface area contributed by atoms with Crippen molar-refractivity contribution in [3.05, 3.63) is 33.9 Å². The highest BCUT2D eigenvalue weighted by molar-refractivity contribution is 7.91. The van der Waals surface area contributed by atoms with Crippen LogP contribution in [0.1, 0.15) is 18.9 Å². The van der Waals surface area contributed by atoms with E-state index in [1.165, 1.54) is 6.07 Å². The Labute approximate surface area is 124 Å². The van der Waals surface area contributed by atoms with Crippen LogP contribution in [0.2, 0.25) is 0 Å². The molecule has 0 fully saturated rings. The van der Waals surface area contributed by atoms with Gasteiger partial charge >= 0.3 is 5.69 Å². The van der Waals surface area contributed by atoms with Crippen LogP contribution in [0.3, 0.4) is 0 Å². The SMILES string of the molecule is CCS(=O)(=O)CCCOc1cc(CNC)ccc1[N+](=O)[O-]. The quantitative estimate of drug-likeness (QED) is 0.421. The Hall–Kier alpha value is -1.67. The maximum absolute atomic E-state index is 11.4. The van der Waals surface area contributed by atoms with Crippen LogP contribution in [0.25, 0.3) is 0 Å². The van der Waals surface area contributed by atoms with E-state index < -0.39 is 14.8 Å². The number of sulfone groups is 1. The predicted molar refractivity (Wildman–Crippen MR) is 80.3 cm³/mol. The number of hydrogen-bond acceptors (Lipinski definition) is 6. The number of nitro benzene ring substituents is 1. The van der Waals surface area contributed by atoms with E-state index in [-0.39, 0.29) is 29.5 Å². The minimum absolute atomic E-state index is 0.0213. The number of nitrogens with zero attached hydrogens (tertiary/aromatic N) is 1. The van der Waals surface area contributed by atoms with Gasteiger partial charge in [-0.15, -0.1) is 0 Å². The molecule has 0 amide bonds. The predicted octanol–water partition coefficient (Wildman–Crippen LogP) is 1.52. The summed E-state index contributed by atoms with van der Waals surface area (Å²) in [6.45, 7) is 2.28. The lowest BCUT2D eigenvalue weighted by Crippen LogP contribution is -2.12.